The van der Waals surface area contributed by atoms with Gasteiger partial charge in [0.2, 0.25) is 5.91 Å². The van der Waals surface area contributed by atoms with E-state index in [1.165, 1.54) is 38.0 Å². The lowest BCUT2D eigenvalue weighted by Crippen LogP contribution is -2.30. The first-order chi connectivity index (χ1) is 13.7. The Morgan fingerprint density at radius 2 is 1.86 bits per heavy atom. The van der Waals surface area contributed by atoms with Crippen molar-refractivity contribution >= 4 is 5.91 Å². The number of likely N-dealkylation sites (tertiary alicyclic amines) is 1. The van der Waals surface area contributed by atoms with Crippen LogP contribution in [-0.4, -0.2) is 31.0 Å². The Bertz CT molecular complexity index is 788. The molecule has 0 aromatic heterocycles. The average molecular weight is 384 g/mol. The van der Waals surface area contributed by atoms with Crippen molar-refractivity contribution in [3.63, 3.8) is 0 Å². The fourth-order valence-electron chi connectivity index (χ4n) is 3.65. The first-order valence-corrected chi connectivity index (χ1v) is 10.0. The minimum absolute atomic E-state index is 0.0241. The predicted molar refractivity (Wildman–Crippen MR) is 109 cm³/mol. The summed E-state index contributed by atoms with van der Waals surface area (Å²) in [4.78, 5) is 14.7. The van der Waals surface area contributed by atoms with Crippen molar-refractivity contribution in [2.75, 3.05) is 20.2 Å². The highest BCUT2D eigenvalue weighted by atomic mass is 19.1. The van der Waals surface area contributed by atoms with E-state index in [1.807, 2.05) is 6.07 Å². The second-order valence-corrected chi connectivity index (χ2v) is 7.35. The molecular formula is C23H29FN2O2. The molecule has 2 aromatic rings. The summed E-state index contributed by atoms with van der Waals surface area (Å²) in [6.45, 7) is 3.77. The number of benzene rings is 2. The number of hydrogen-bond donors (Lipinski definition) is 1. The molecule has 28 heavy (non-hydrogen) atoms. The van der Waals surface area contributed by atoms with Crippen LogP contribution in [-0.2, 0) is 24.3 Å². The van der Waals surface area contributed by atoms with Crippen LogP contribution < -0.4 is 10.1 Å². The molecule has 0 bridgehead atoms. The summed E-state index contributed by atoms with van der Waals surface area (Å²) in [5.74, 6) is -0.199. The van der Waals surface area contributed by atoms with E-state index in [4.69, 9.17) is 4.74 Å². The van der Waals surface area contributed by atoms with Crippen molar-refractivity contribution in [2.45, 2.75) is 45.2 Å². The fraction of sp³-hybridized carbons (Fsp3) is 0.435. The van der Waals surface area contributed by atoms with Crippen LogP contribution in [0.3, 0.4) is 0 Å². The normalized spacial score (nSPS) is 14.6. The molecule has 0 saturated carbocycles. The molecule has 1 saturated heterocycles. The van der Waals surface area contributed by atoms with E-state index in [1.54, 1.807) is 12.1 Å². The van der Waals surface area contributed by atoms with Crippen LogP contribution in [0.15, 0.2) is 42.5 Å². The number of carbonyl (C=O) groups excluding carboxylic acids is 1. The number of halogens is 1. The maximum Gasteiger partial charge on any atom is 0.220 e. The van der Waals surface area contributed by atoms with Crippen LogP contribution in [0.5, 0.6) is 5.75 Å². The molecular weight excluding hydrogens is 355 g/mol. The number of ether oxygens (including phenoxy) is 1. The van der Waals surface area contributed by atoms with Crippen molar-refractivity contribution in [3.8, 4) is 5.75 Å². The van der Waals surface area contributed by atoms with Crippen LogP contribution in [0, 0.1) is 5.82 Å². The lowest BCUT2D eigenvalue weighted by Gasteiger charge is -2.27. The molecule has 0 atom stereocenters. The Morgan fingerprint density at radius 1 is 1.11 bits per heavy atom. The second kappa shape index (κ2) is 10.2. The summed E-state index contributed by atoms with van der Waals surface area (Å²) in [6, 6.07) is 13.1. The van der Waals surface area contributed by atoms with Gasteiger partial charge in [-0.2, -0.15) is 0 Å². The van der Waals surface area contributed by atoms with E-state index < -0.39 is 5.82 Å². The van der Waals surface area contributed by atoms with Crippen molar-refractivity contribution in [1.82, 2.24) is 10.2 Å². The summed E-state index contributed by atoms with van der Waals surface area (Å²) in [5, 5.41) is 3.01. The molecule has 4 nitrogen and oxygen atoms in total. The summed E-state index contributed by atoms with van der Waals surface area (Å²) in [7, 11) is 1.44. The Balaban J connectivity index is 1.49. The molecule has 2 aromatic carbocycles. The Morgan fingerprint density at radius 3 is 2.57 bits per heavy atom. The highest BCUT2D eigenvalue weighted by Crippen LogP contribution is 2.19. The van der Waals surface area contributed by atoms with E-state index >= 15 is 0 Å². The van der Waals surface area contributed by atoms with Crippen LogP contribution in [0.2, 0.25) is 0 Å². The maximum absolute atomic E-state index is 13.8. The smallest absolute Gasteiger partial charge is 0.220 e. The van der Waals surface area contributed by atoms with Gasteiger partial charge in [0, 0.05) is 19.5 Å². The monoisotopic (exact) mass is 384 g/mol. The molecule has 0 unspecified atom stereocenters. The van der Waals surface area contributed by atoms with Crippen molar-refractivity contribution in [3.05, 3.63) is 65.0 Å². The minimum Gasteiger partial charge on any atom is -0.494 e. The zero-order chi connectivity index (χ0) is 19.8. The van der Waals surface area contributed by atoms with Gasteiger partial charge in [0.25, 0.3) is 0 Å². The summed E-state index contributed by atoms with van der Waals surface area (Å²) in [5.41, 5.74) is 3.23. The molecule has 3 rings (SSSR count). The summed E-state index contributed by atoms with van der Waals surface area (Å²) >= 11 is 0. The third-order valence-corrected chi connectivity index (χ3v) is 5.29. The lowest BCUT2D eigenvalue weighted by atomic mass is 10.0. The fourth-order valence-corrected chi connectivity index (χ4v) is 3.65. The lowest BCUT2D eigenvalue weighted by molar-refractivity contribution is -0.121. The van der Waals surface area contributed by atoms with Crippen LogP contribution in [0.25, 0.3) is 0 Å². The third-order valence-electron chi connectivity index (χ3n) is 5.29. The highest BCUT2D eigenvalue weighted by Gasteiger charge is 2.13. The van der Waals surface area contributed by atoms with E-state index in [2.05, 4.69) is 28.4 Å². The second-order valence-electron chi connectivity index (χ2n) is 7.35. The quantitative estimate of drug-likeness (QED) is 0.746. The first kappa shape index (κ1) is 20.3. The van der Waals surface area contributed by atoms with Gasteiger partial charge in [0.1, 0.15) is 0 Å². The van der Waals surface area contributed by atoms with Crippen molar-refractivity contribution in [2.24, 2.45) is 0 Å². The number of hydrogen-bond acceptors (Lipinski definition) is 3. The van der Waals surface area contributed by atoms with Gasteiger partial charge in [-0.1, -0.05) is 36.8 Å². The van der Waals surface area contributed by atoms with Gasteiger partial charge in [-0.25, -0.2) is 4.39 Å². The Hall–Kier alpha value is -2.40. The minimum atomic E-state index is -0.396. The number of carbonyl (C=O) groups is 1. The topological polar surface area (TPSA) is 41.6 Å². The maximum atomic E-state index is 13.8. The van der Waals surface area contributed by atoms with Crippen LogP contribution in [0.1, 0.15) is 42.4 Å². The van der Waals surface area contributed by atoms with Gasteiger partial charge < -0.3 is 10.1 Å². The molecule has 1 fully saturated rings. The van der Waals surface area contributed by atoms with E-state index in [0.29, 0.717) is 19.4 Å². The molecule has 1 amide bonds. The number of piperidine rings is 1. The van der Waals surface area contributed by atoms with Crippen LogP contribution in [0.4, 0.5) is 4.39 Å². The predicted octanol–water partition coefficient (Wildman–Crippen LogP) is 4.07. The van der Waals surface area contributed by atoms with Gasteiger partial charge in [-0.3, -0.25) is 9.69 Å². The van der Waals surface area contributed by atoms with Gasteiger partial charge in [0.05, 0.1) is 7.11 Å². The van der Waals surface area contributed by atoms with E-state index in [0.717, 1.165) is 30.8 Å². The zero-order valence-corrected chi connectivity index (χ0v) is 16.5. The largest absolute Gasteiger partial charge is 0.494 e. The molecule has 1 heterocycles. The molecule has 1 aliphatic heterocycles. The Kier molecular flexibility index (Phi) is 7.43. The molecule has 5 heteroatoms. The molecule has 0 spiro atoms. The van der Waals surface area contributed by atoms with E-state index in [-0.39, 0.29) is 11.7 Å². The molecule has 1 N–H and O–H groups in total. The highest BCUT2D eigenvalue weighted by molar-refractivity contribution is 5.76. The van der Waals surface area contributed by atoms with Crippen LogP contribution >= 0.6 is 0 Å². The third kappa shape index (κ3) is 5.80. The standard InChI is InChI=1S/C23H29FN2O2/c1-28-22-11-9-18(15-21(22)24)10-12-23(27)25-16-19-7-3-4-8-20(19)17-26-13-5-2-6-14-26/h3-4,7-9,11,15H,2,5-6,10,12-14,16-17H2,1H3,(H,25,27). The summed E-state index contributed by atoms with van der Waals surface area (Å²) < 4.78 is 18.7. The average Bonchev–Trinajstić information content (AvgIpc) is 2.72. The number of nitrogens with zero attached hydrogens (tertiary/aromatic N) is 1. The van der Waals surface area contributed by atoms with Crippen molar-refractivity contribution in [1.29, 1.82) is 0 Å². The number of methoxy groups -OCH3 is 1. The van der Waals surface area contributed by atoms with Crippen molar-refractivity contribution < 1.29 is 13.9 Å². The van der Waals surface area contributed by atoms with Gasteiger partial charge in [0.15, 0.2) is 11.6 Å². The SMILES string of the molecule is COc1ccc(CCC(=O)NCc2ccccc2CN2CCCCC2)cc1F. The molecule has 150 valence electrons. The zero-order valence-electron chi connectivity index (χ0n) is 16.5. The van der Waals surface area contributed by atoms with Gasteiger partial charge >= 0.3 is 0 Å². The molecule has 0 radical (unpaired) electrons. The summed E-state index contributed by atoms with van der Waals surface area (Å²) in [6.07, 6.45) is 4.70. The number of rotatable bonds is 8. The van der Waals surface area contributed by atoms with E-state index in [9.17, 15) is 9.18 Å². The Labute approximate surface area is 166 Å². The first-order valence-electron chi connectivity index (χ1n) is 10.0. The van der Waals surface area contributed by atoms with Gasteiger partial charge in [-0.15, -0.1) is 0 Å². The number of aryl methyl sites for hydroxylation is 1. The number of amides is 1. The molecule has 0 aliphatic carbocycles. The molecule has 1 aliphatic rings. The number of nitrogens with one attached hydrogen (secondary N) is 1. The van der Waals surface area contributed by atoms with Gasteiger partial charge in [-0.05, 0) is 61.2 Å².